The van der Waals surface area contributed by atoms with Gasteiger partial charge in [0, 0.05) is 4.91 Å². The number of nitrogens with one attached hydrogen (secondary N) is 4. The Labute approximate surface area is 129 Å². The first kappa shape index (κ1) is 18.1. The number of azide groups is 1. The van der Waals surface area contributed by atoms with Crippen LogP contribution in [0.4, 0.5) is 0 Å². The maximum absolute atomic E-state index is 10.1. The van der Waals surface area contributed by atoms with E-state index in [1.165, 1.54) is 0 Å². The first-order valence-electron chi connectivity index (χ1n) is 5.88. The summed E-state index contributed by atoms with van der Waals surface area (Å²) < 4.78 is 5.37. The van der Waals surface area contributed by atoms with Gasteiger partial charge >= 0.3 is 0 Å². The number of guanidine groups is 1. The number of ether oxygens (including phenoxy) is 1. The highest BCUT2D eigenvalue weighted by molar-refractivity contribution is 6.30. The third-order valence-electron chi connectivity index (χ3n) is 2.95. The van der Waals surface area contributed by atoms with Crippen molar-refractivity contribution in [1.29, 1.82) is 10.8 Å². The van der Waals surface area contributed by atoms with Gasteiger partial charge in [0.15, 0.2) is 6.23 Å². The number of alkyl halides is 1. The Kier molecular flexibility index (Phi) is 6.49. The number of aliphatic hydroxyl groups excluding tert-OH is 2. The van der Waals surface area contributed by atoms with Crippen LogP contribution in [-0.2, 0) is 4.74 Å². The molecule has 0 spiro atoms. The summed E-state index contributed by atoms with van der Waals surface area (Å²) >= 11 is 5.69. The number of hydroxylamine groups is 1. The molecule has 1 fully saturated rings. The Hall–Kier alpha value is -1.95. The molecule has 0 radical (unpaired) electrons. The number of nitrogens with zero attached hydrogens (tertiary/aromatic N) is 4. The van der Waals surface area contributed by atoms with E-state index in [0.717, 1.165) is 0 Å². The van der Waals surface area contributed by atoms with Crippen molar-refractivity contribution < 1.29 is 20.2 Å². The Morgan fingerprint density at radius 2 is 2.27 bits per heavy atom. The van der Waals surface area contributed by atoms with Crippen LogP contribution in [0.15, 0.2) is 10.1 Å². The first-order valence-corrected chi connectivity index (χ1v) is 6.42. The van der Waals surface area contributed by atoms with Gasteiger partial charge in [-0.25, -0.2) is 10.5 Å². The van der Waals surface area contributed by atoms with Gasteiger partial charge < -0.3 is 25.7 Å². The summed E-state index contributed by atoms with van der Waals surface area (Å²) in [4.78, 5) is 6.38. The molecule has 0 amide bonds. The minimum Gasteiger partial charge on any atom is -0.393 e. The Bertz CT molecular complexity index is 504. The molecule has 1 saturated heterocycles. The van der Waals surface area contributed by atoms with Gasteiger partial charge in [-0.05, 0) is 5.53 Å². The van der Waals surface area contributed by atoms with Gasteiger partial charge in [0.1, 0.15) is 17.5 Å². The molecule has 1 unspecified atom stereocenters. The Morgan fingerprint density at radius 1 is 1.59 bits per heavy atom. The summed E-state index contributed by atoms with van der Waals surface area (Å²) in [5, 5.41) is 48.1. The zero-order valence-electron chi connectivity index (χ0n) is 11.1. The third kappa shape index (κ3) is 3.62. The predicted molar refractivity (Wildman–Crippen MR) is 76.4 cm³/mol. The number of hydrogen-bond acceptors (Lipinski definition) is 8. The molecule has 12 nitrogen and oxygen atoms in total. The lowest BCUT2D eigenvalue weighted by molar-refractivity contribution is -0.0940. The van der Waals surface area contributed by atoms with Crippen LogP contribution in [0.25, 0.3) is 10.4 Å². The van der Waals surface area contributed by atoms with Crippen molar-refractivity contribution in [1.82, 2.24) is 10.8 Å². The number of aliphatic imine (C=N–C) groups is 1. The zero-order chi connectivity index (χ0) is 16.8. The maximum Gasteiger partial charge on any atom is 0.223 e. The Balaban J connectivity index is 3.11. The third-order valence-corrected chi connectivity index (χ3v) is 3.40. The molecule has 0 aromatic rings. The van der Waals surface area contributed by atoms with Gasteiger partial charge in [-0.15, -0.1) is 11.6 Å². The summed E-state index contributed by atoms with van der Waals surface area (Å²) in [7, 11) is 0. The molecule has 1 aliphatic heterocycles. The highest BCUT2D eigenvalue weighted by Gasteiger charge is 2.54. The van der Waals surface area contributed by atoms with Gasteiger partial charge in [-0.2, -0.15) is 0 Å². The molecule has 0 bridgehead atoms. The molecule has 0 saturated carbocycles. The maximum atomic E-state index is 10.1. The molecule has 13 heteroatoms. The number of aliphatic hydroxyl groups is 2. The zero-order valence-corrected chi connectivity index (χ0v) is 11.9. The van der Waals surface area contributed by atoms with Crippen molar-refractivity contribution in [3.8, 4) is 0 Å². The van der Waals surface area contributed by atoms with Crippen LogP contribution in [0.3, 0.4) is 0 Å². The summed E-state index contributed by atoms with van der Waals surface area (Å²) in [6.07, 6.45) is -2.06. The fraction of sp³-hybridized carbons (Fsp3) is 0.667. The number of hydrogen-bond donors (Lipinski definition) is 7. The van der Waals surface area contributed by atoms with E-state index in [4.69, 9.17) is 37.9 Å². The van der Waals surface area contributed by atoms with Crippen molar-refractivity contribution in [3.63, 3.8) is 0 Å². The summed E-state index contributed by atoms with van der Waals surface area (Å²) in [6.45, 7) is -0.646. The molecule has 0 aromatic heterocycles. The highest BCUT2D eigenvalue weighted by Crippen LogP contribution is 2.34. The van der Waals surface area contributed by atoms with Crippen LogP contribution in [0.1, 0.15) is 0 Å². The van der Waals surface area contributed by atoms with Crippen molar-refractivity contribution in [3.05, 3.63) is 10.4 Å². The van der Waals surface area contributed by atoms with Crippen molar-refractivity contribution in [2.24, 2.45) is 10.1 Å². The topological polar surface area (TPSA) is 203 Å². The predicted octanol–water partition coefficient (Wildman–Crippen LogP) is -1.10. The minimum absolute atomic E-state index is 0.292. The lowest BCUT2D eigenvalue weighted by Gasteiger charge is -2.27. The standard InChI is InChI=1S/C9H15ClN8O4/c10-2-9(3-19)6(20)5(16-18-13)7(22-9)15-8(17-21)14-4(12)1-11/h1,5-7,11,19-21H,2-3H2,(H3,12,14,15,17)/t5?,6-,7+,9+/m0/s1. The van der Waals surface area contributed by atoms with Gasteiger partial charge in [0.25, 0.3) is 0 Å². The molecule has 1 heterocycles. The van der Waals surface area contributed by atoms with Crippen LogP contribution in [0.2, 0.25) is 0 Å². The number of amidine groups is 1. The normalized spacial score (nSPS) is 31.3. The average molecular weight is 335 g/mol. The highest BCUT2D eigenvalue weighted by atomic mass is 35.5. The van der Waals surface area contributed by atoms with Crippen LogP contribution in [-0.4, -0.2) is 69.9 Å². The van der Waals surface area contributed by atoms with Gasteiger partial charge in [0.2, 0.25) is 5.96 Å². The van der Waals surface area contributed by atoms with Crippen LogP contribution in [0.5, 0.6) is 0 Å². The van der Waals surface area contributed by atoms with E-state index in [-0.39, 0.29) is 11.8 Å². The minimum atomic E-state index is -1.58. The summed E-state index contributed by atoms with van der Waals surface area (Å²) in [6, 6.07) is -1.21. The second-order valence-corrected chi connectivity index (χ2v) is 4.55. The lowest BCUT2D eigenvalue weighted by Crippen LogP contribution is -2.47. The van der Waals surface area contributed by atoms with Crippen LogP contribution >= 0.6 is 11.6 Å². The SMILES string of the molecule is [N-]=[N+]=NC1[C@H](N=C(NO)NC(=N)C=N)O[C@@](CO)(CCl)[C@H]1O. The average Bonchev–Trinajstić information content (AvgIpc) is 2.80. The first-order chi connectivity index (χ1) is 10.5. The van der Waals surface area contributed by atoms with Crippen molar-refractivity contribution in [2.45, 2.75) is 24.0 Å². The smallest absolute Gasteiger partial charge is 0.223 e. The molecule has 0 aromatic carbocycles. The van der Waals surface area contributed by atoms with Crippen molar-refractivity contribution >= 4 is 29.6 Å². The van der Waals surface area contributed by atoms with E-state index in [0.29, 0.717) is 6.21 Å². The second kappa shape index (κ2) is 7.89. The van der Waals surface area contributed by atoms with Gasteiger partial charge in [-0.1, -0.05) is 5.11 Å². The summed E-state index contributed by atoms with van der Waals surface area (Å²) in [5.41, 5.74) is 8.61. The van der Waals surface area contributed by atoms with E-state index in [1.54, 1.807) is 5.48 Å². The van der Waals surface area contributed by atoms with E-state index in [2.05, 4.69) is 20.3 Å². The molecule has 22 heavy (non-hydrogen) atoms. The lowest BCUT2D eigenvalue weighted by atomic mass is 9.97. The molecular formula is C9H15ClN8O4. The molecule has 1 aliphatic rings. The fourth-order valence-corrected chi connectivity index (χ4v) is 2.10. The van der Waals surface area contributed by atoms with Crippen LogP contribution < -0.4 is 10.8 Å². The monoisotopic (exact) mass is 334 g/mol. The van der Waals surface area contributed by atoms with Crippen LogP contribution in [0, 0.1) is 10.8 Å². The van der Waals surface area contributed by atoms with Gasteiger partial charge in [0.05, 0.1) is 24.8 Å². The quantitative estimate of drug-likeness (QED) is 0.0631. The molecule has 122 valence electrons. The number of rotatable bonds is 5. The largest absolute Gasteiger partial charge is 0.393 e. The van der Waals surface area contributed by atoms with Gasteiger partial charge in [-0.3, -0.25) is 10.6 Å². The second-order valence-electron chi connectivity index (χ2n) is 4.28. The number of halogens is 1. The molecule has 7 N–H and O–H groups in total. The summed E-state index contributed by atoms with van der Waals surface area (Å²) in [5.74, 6) is -1.07. The molecular weight excluding hydrogens is 320 g/mol. The molecule has 1 rings (SSSR count). The van der Waals surface area contributed by atoms with E-state index in [9.17, 15) is 10.2 Å². The van der Waals surface area contributed by atoms with E-state index >= 15 is 0 Å². The van der Waals surface area contributed by atoms with Crippen molar-refractivity contribution in [2.75, 3.05) is 12.5 Å². The molecule has 0 aliphatic carbocycles. The Morgan fingerprint density at radius 3 is 2.73 bits per heavy atom. The van der Waals surface area contributed by atoms with E-state index < -0.39 is 36.4 Å². The fourth-order valence-electron chi connectivity index (χ4n) is 1.79. The molecule has 4 atom stereocenters. The van der Waals surface area contributed by atoms with E-state index in [1.807, 2.05) is 0 Å².